The summed E-state index contributed by atoms with van der Waals surface area (Å²) in [5.41, 5.74) is 4.68. The Morgan fingerprint density at radius 1 is 1.20 bits per heavy atom. The molecule has 0 spiro atoms. The second kappa shape index (κ2) is 7.68. The van der Waals surface area contributed by atoms with Gasteiger partial charge >= 0.3 is 0 Å². The van der Waals surface area contributed by atoms with Gasteiger partial charge in [0.15, 0.2) is 5.13 Å². The van der Waals surface area contributed by atoms with Crippen molar-refractivity contribution in [2.24, 2.45) is 0 Å². The van der Waals surface area contributed by atoms with Crippen molar-refractivity contribution in [3.63, 3.8) is 0 Å². The Kier molecular flexibility index (Phi) is 5.36. The summed E-state index contributed by atoms with van der Waals surface area (Å²) < 4.78 is 0. The standard InChI is InChI=1S/C19H18ClN3OS/c1-12-5-3-8-17(13(12)2)23-18(24)10-16-11-25-19(22-16)21-15-7-4-6-14(20)9-15/h3-9,11H,10H2,1-2H3,(H,21,22)(H,23,24). The summed E-state index contributed by atoms with van der Waals surface area (Å²) in [6.07, 6.45) is 0.237. The zero-order valence-corrected chi connectivity index (χ0v) is 15.5. The van der Waals surface area contributed by atoms with Crippen LogP contribution in [0, 0.1) is 13.8 Å². The molecule has 2 N–H and O–H groups in total. The first kappa shape index (κ1) is 17.5. The van der Waals surface area contributed by atoms with Gasteiger partial charge in [-0.2, -0.15) is 0 Å². The molecule has 0 saturated heterocycles. The van der Waals surface area contributed by atoms with Gasteiger partial charge in [0.1, 0.15) is 0 Å². The first-order chi connectivity index (χ1) is 12.0. The van der Waals surface area contributed by atoms with Gasteiger partial charge in [-0.1, -0.05) is 29.8 Å². The summed E-state index contributed by atoms with van der Waals surface area (Å²) in [4.78, 5) is 16.7. The minimum absolute atomic E-state index is 0.0756. The van der Waals surface area contributed by atoms with Crippen molar-refractivity contribution in [2.75, 3.05) is 10.6 Å². The fourth-order valence-corrected chi connectivity index (χ4v) is 3.30. The van der Waals surface area contributed by atoms with Gasteiger partial charge in [0, 0.05) is 21.8 Å². The first-order valence-electron chi connectivity index (χ1n) is 7.84. The molecule has 0 unspecified atom stereocenters. The quantitative estimate of drug-likeness (QED) is 0.636. The third-order valence-electron chi connectivity index (χ3n) is 3.85. The Balaban J connectivity index is 1.63. The van der Waals surface area contributed by atoms with E-state index in [-0.39, 0.29) is 12.3 Å². The van der Waals surface area contributed by atoms with Crippen LogP contribution in [0.4, 0.5) is 16.5 Å². The molecule has 0 aliphatic heterocycles. The van der Waals surface area contributed by atoms with Crippen molar-refractivity contribution in [2.45, 2.75) is 20.3 Å². The van der Waals surface area contributed by atoms with Crippen LogP contribution in [0.15, 0.2) is 47.8 Å². The Labute approximate surface area is 155 Å². The summed E-state index contributed by atoms with van der Waals surface area (Å²) in [6.45, 7) is 4.03. The summed E-state index contributed by atoms with van der Waals surface area (Å²) >= 11 is 7.43. The van der Waals surface area contributed by atoms with Crippen LogP contribution in [0.5, 0.6) is 0 Å². The zero-order valence-electron chi connectivity index (χ0n) is 14.0. The molecule has 0 radical (unpaired) electrons. The van der Waals surface area contributed by atoms with Crippen LogP contribution in [0.25, 0.3) is 0 Å². The number of hydrogen-bond acceptors (Lipinski definition) is 4. The second-order valence-electron chi connectivity index (χ2n) is 5.75. The third-order valence-corrected chi connectivity index (χ3v) is 4.89. The van der Waals surface area contributed by atoms with Crippen LogP contribution in [0.3, 0.4) is 0 Å². The fourth-order valence-electron chi connectivity index (χ4n) is 2.38. The van der Waals surface area contributed by atoms with E-state index in [1.165, 1.54) is 11.3 Å². The molecule has 0 atom stereocenters. The number of aryl methyl sites for hydroxylation is 1. The largest absolute Gasteiger partial charge is 0.331 e. The van der Waals surface area contributed by atoms with E-state index in [1.54, 1.807) is 0 Å². The minimum Gasteiger partial charge on any atom is -0.331 e. The summed E-state index contributed by atoms with van der Waals surface area (Å²) in [7, 11) is 0. The topological polar surface area (TPSA) is 54.0 Å². The Bertz CT molecular complexity index is 907. The molecule has 25 heavy (non-hydrogen) atoms. The van der Waals surface area contributed by atoms with E-state index >= 15 is 0 Å². The van der Waals surface area contributed by atoms with Crippen molar-refractivity contribution in [3.05, 3.63) is 69.7 Å². The number of aromatic nitrogens is 1. The number of carbonyl (C=O) groups is 1. The number of thiazole rings is 1. The maximum Gasteiger partial charge on any atom is 0.230 e. The maximum absolute atomic E-state index is 12.3. The van der Waals surface area contributed by atoms with Gasteiger partial charge in [-0.25, -0.2) is 4.98 Å². The Morgan fingerprint density at radius 2 is 2.00 bits per heavy atom. The molecule has 0 fully saturated rings. The average Bonchev–Trinajstić information content (AvgIpc) is 2.98. The molecule has 4 nitrogen and oxygen atoms in total. The molecule has 128 valence electrons. The highest BCUT2D eigenvalue weighted by atomic mass is 35.5. The number of amides is 1. The molecule has 0 saturated carbocycles. The highest BCUT2D eigenvalue weighted by Gasteiger charge is 2.10. The monoisotopic (exact) mass is 371 g/mol. The molecule has 3 rings (SSSR count). The fraction of sp³-hybridized carbons (Fsp3) is 0.158. The molecular formula is C19H18ClN3OS. The second-order valence-corrected chi connectivity index (χ2v) is 7.05. The van der Waals surface area contributed by atoms with Crippen molar-refractivity contribution in [1.29, 1.82) is 0 Å². The molecule has 2 aromatic carbocycles. The summed E-state index contributed by atoms with van der Waals surface area (Å²) in [5.74, 6) is -0.0756. The lowest BCUT2D eigenvalue weighted by Gasteiger charge is -2.09. The molecule has 1 aromatic heterocycles. The van der Waals surface area contributed by atoms with E-state index < -0.39 is 0 Å². The molecule has 0 aliphatic carbocycles. The van der Waals surface area contributed by atoms with Crippen molar-refractivity contribution < 1.29 is 4.79 Å². The van der Waals surface area contributed by atoms with Crippen LogP contribution >= 0.6 is 22.9 Å². The number of anilines is 3. The van der Waals surface area contributed by atoms with E-state index in [1.807, 2.05) is 61.7 Å². The third kappa shape index (κ3) is 4.59. The maximum atomic E-state index is 12.3. The van der Waals surface area contributed by atoms with Crippen LogP contribution < -0.4 is 10.6 Å². The lowest BCUT2D eigenvalue weighted by molar-refractivity contribution is -0.115. The van der Waals surface area contributed by atoms with Crippen molar-refractivity contribution in [1.82, 2.24) is 4.98 Å². The molecule has 0 aliphatic rings. The van der Waals surface area contributed by atoms with E-state index in [9.17, 15) is 4.79 Å². The van der Waals surface area contributed by atoms with Crippen LogP contribution in [0.1, 0.15) is 16.8 Å². The lowest BCUT2D eigenvalue weighted by Crippen LogP contribution is -2.15. The van der Waals surface area contributed by atoms with Crippen LogP contribution in [0.2, 0.25) is 5.02 Å². The number of nitrogens with one attached hydrogen (secondary N) is 2. The van der Waals surface area contributed by atoms with Crippen molar-refractivity contribution >= 4 is 45.4 Å². The molecule has 1 heterocycles. The molecular weight excluding hydrogens is 354 g/mol. The van der Waals surface area contributed by atoms with Crippen molar-refractivity contribution in [3.8, 4) is 0 Å². The predicted octanol–water partition coefficient (Wildman–Crippen LogP) is 5.34. The molecule has 6 heteroatoms. The van der Waals surface area contributed by atoms with E-state index in [0.717, 1.165) is 33.3 Å². The highest BCUT2D eigenvalue weighted by molar-refractivity contribution is 7.13. The summed E-state index contributed by atoms with van der Waals surface area (Å²) in [5, 5.41) is 9.43. The number of carbonyl (C=O) groups excluding carboxylic acids is 1. The minimum atomic E-state index is -0.0756. The number of rotatable bonds is 5. The number of hydrogen-bond donors (Lipinski definition) is 2. The van der Waals surface area contributed by atoms with E-state index in [2.05, 4.69) is 15.6 Å². The summed E-state index contributed by atoms with van der Waals surface area (Å²) in [6, 6.07) is 13.3. The van der Waals surface area contributed by atoms with Gasteiger partial charge in [-0.15, -0.1) is 11.3 Å². The van der Waals surface area contributed by atoms with E-state index in [0.29, 0.717) is 5.02 Å². The van der Waals surface area contributed by atoms with Gasteiger partial charge in [-0.05, 0) is 49.2 Å². The van der Waals surface area contributed by atoms with Gasteiger partial charge in [0.2, 0.25) is 5.91 Å². The number of benzene rings is 2. The average molecular weight is 372 g/mol. The predicted molar refractivity (Wildman–Crippen MR) is 105 cm³/mol. The first-order valence-corrected chi connectivity index (χ1v) is 9.10. The van der Waals surface area contributed by atoms with Gasteiger partial charge in [0.25, 0.3) is 0 Å². The smallest absolute Gasteiger partial charge is 0.230 e. The highest BCUT2D eigenvalue weighted by Crippen LogP contribution is 2.24. The number of halogens is 1. The SMILES string of the molecule is Cc1cccc(NC(=O)Cc2csc(Nc3cccc(Cl)c3)n2)c1C. The van der Waals surface area contributed by atoms with Crippen LogP contribution in [-0.2, 0) is 11.2 Å². The molecule has 0 bridgehead atoms. The normalized spacial score (nSPS) is 10.5. The Hall–Kier alpha value is -2.37. The Morgan fingerprint density at radius 3 is 2.80 bits per heavy atom. The lowest BCUT2D eigenvalue weighted by atomic mass is 10.1. The zero-order chi connectivity index (χ0) is 17.8. The van der Waals surface area contributed by atoms with Gasteiger partial charge in [0.05, 0.1) is 12.1 Å². The van der Waals surface area contributed by atoms with E-state index in [4.69, 9.17) is 11.6 Å². The molecule has 3 aromatic rings. The molecule has 1 amide bonds. The van der Waals surface area contributed by atoms with Gasteiger partial charge < -0.3 is 10.6 Å². The number of nitrogens with zero attached hydrogens (tertiary/aromatic N) is 1. The van der Waals surface area contributed by atoms with Crippen LogP contribution in [-0.4, -0.2) is 10.9 Å². The van der Waals surface area contributed by atoms with Gasteiger partial charge in [-0.3, -0.25) is 4.79 Å².